The van der Waals surface area contributed by atoms with Gasteiger partial charge >= 0.3 is 0 Å². The lowest BCUT2D eigenvalue weighted by Crippen LogP contribution is -2.35. The third-order valence-corrected chi connectivity index (χ3v) is 4.41. The zero-order chi connectivity index (χ0) is 14.3. The number of aryl methyl sites for hydroxylation is 1. The van der Waals surface area contributed by atoms with Gasteiger partial charge in [-0.1, -0.05) is 43.7 Å². The molecule has 108 valence electrons. The molecule has 3 nitrogen and oxygen atoms in total. The van der Waals surface area contributed by atoms with Crippen LogP contribution in [0.15, 0.2) is 24.3 Å². The normalized spacial score (nSPS) is 26.6. The minimum Gasteiger partial charge on any atom is -0.321 e. The van der Waals surface area contributed by atoms with Crippen molar-refractivity contribution in [2.75, 3.05) is 6.54 Å². The van der Waals surface area contributed by atoms with Crippen LogP contribution in [0.4, 0.5) is 0 Å². The first-order valence-corrected chi connectivity index (χ1v) is 7.69. The number of carbonyl (C=O) groups is 1. The van der Waals surface area contributed by atoms with E-state index in [1.54, 1.807) is 0 Å². The minimum atomic E-state index is -0.0416. The topological polar surface area (TPSA) is 32.3 Å². The van der Waals surface area contributed by atoms with Gasteiger partial charge in [-0.2, -0.15) is 0 Å². The molecule has 2 atom stereocenters. The number of carbonyl (C=O) groups excluding carboxylic acids is 1. The average Bonchev–Trinajstić information content (AvgIpc) is 3.16. The Morgan fingerprint density at radius 2 is 1.90 bits per heavy atom. The van der Waals surface area contributed by atoms with Crippen LogP contribution in [0.25, 0.3) is 0 Å². The molecular formula is C17H24N2O. The number of nitrogens with zero attached hydrogens (tertiary/aromatic N) is 1. The standard InChI is InChI=1S/C17H24N2O/c1-11(2)15-17(20)19(10-13-6-7-13)16(18-15)14-8-4-12(3)5-9-14/h4-5,8-9,11,13,15-16,18H,6-7,10H2,1-3H3. The van der Waals surface area contributed by atoms with Gasteiger partial charge in [0.1, 0.15) is 6.17 Å². The van der Waals surface area contributed by atoms with Crippen LogP contribution in [0.2, 0.25) is 0 Å². The number of rotatable bonds is 4. The lowest BCUT2D eigenvalue weighted by atomic mass is 10.0. The van der Waals surface area contributed by atoms with Gasteiger partial charge in [0.2, 0.25) is 5.91 Å². The highest BCUT2D eigenvalue weighted by molar-refractivity contribution is 5.85. The molecule has 0 spiro atoms. The van der Waals surface area contributed by atoms with E-state index in [0.717, 1.165) is 12.5 Å². The van der Waals surface area contributed by atoms with E-state index in [9.17, 15) is 4.79 Å². The summed E-state index contributed by atoms with van der Waals surface area (Å²) in [6, 6.07) is 8.49. The molecule has 1 N–H and O–H groups in total. The van der Waals surface area contributed by atoms with E-state index in [1.807, 2.05) is 0 Å². The maximum atomic E-state index is 12.6. The lowest BCUT2D eigenvalue weighted by molar-refractivity contribution is -0.131. The zero-order valence-corrected chi connectivity index (χ0v) is 12.6. The van der Waals surface area contributed by atoms with Crippen molar-refractivity contribution < 1.29 is 4.79 Å². The highest BCUT2D eigenvalue weighted by atomic mass is 16.2. The molecule has 3 rings (SSSR count). The van der Waals surface area contributed by atoms with Crippen molar-refractivity contribution in [1.29, 1.82) is 0 Å². The van der Waals surface area contributed by atoms with Crippen LogP contribution in [0.3, 0.4) is 0 Å². The Bertz CT molecular complexity index is 490. The first-order valence-electron chi connectivity index (χ1n) is 7.69. The van der Waals surface area contributed by atoms with E-state index in [2.05, 4.69) is 55.3 Å². The predicted octanol–water partition coefficient (Wildman–Crippen LogP) is 2.86. The predicted molar refractivity (Wildman–Crippen MR) is 80.1 cm³/mol. The summed E-state index contributed by atoms with van der Waals surface area (Å²) >= 11 is 0. The maximum Gasteiger partial charge on any atom is 0.241 e. The number of nitrogens with one attached hydrogen (secondary N) is 1. The summed E-state index contributed by atoms with van der Waals surface area (Å²) in [5, 5.41) is 3.54. The SMILES string of the molecule is Cc1ccc(C2NC(C(C)C)C(=O)N2CC2CC2)cc1. The first kappa shape index (κ1) is 13.6. The number of amides is 1. The molecule has 1 aliphatic heterocycles. The van der Waals surface area contributed by atoms with Gasteiger partial charge in [-0.05, 0) is 37.2 Å². The van der Waals surface area contributed by atoms with Gasteiger partial charge in [0, 0.05) is 6.54 Å². The molecule has 1 amide bonds. The Hall–Kier alpha value is -1.35. The summed E-state index contributed by atoms with van der Waals surface area (Å²) < 4.78 is 0. The van der Waals surface area contributed by atoms with E-state index in [4.69, 9.17) is 0 Å². The fourth-order valence-electron chi connectivity index (χ4n) is 2.91. The molecule has 0 radical (unpaired) electrons. The van der Waals surface area contributed by atoms with Crippen LogP contribution < -0.4 is 5.32 Å². The molecule has 0 aromatic heterocycles. The smallest absolute Gasteiger partial charge is 0.241 e. The molecule has 2 unspecified atom stereocenters. The zero-order valence-electron chi connectivity index (χ0n) is 12.6. The highest BCUT2D eigenvalue weighted by Gasteiger charge is 2.42. The van der Waals surface area contributed by atoms with Crippen molar-refractivity contribution in [2.45, 2.75) is 45.8 Å². The van der Waals surface area contributed by atoms with Gasteiger partial charge in [0.05, 0.1) is 6.04 Å². The van der Waals surface area contributed by atoms with Crippen LogP contribution in [0.5, 0.6) is 0 Å². The molecule has 2 fully saturated rings. The largest absolute Gasteiger partial charge is 0.321 e. The van der Waals surface area contributed by atoms with Crippen LogP contribution in [0, 0.1) is 18.8 Å². The van der Waals surface area contributed by atoms with E-state index >= 15 is 0 Å². The lowest BCUT2D eigenvalue weighted by Gasteiger charge is -2.24. The van der Waals surface area contributed by atoms with Crippen LogP contribution in [0.1, 0.15) is 44.0 Å². The van der Waals surface area contributed by atoms with Gasteiger partial charge < -0.3 is 4.90 Å². The van der Waals surface area contributed by atoms with Gasteiger partial charge in [-0.25, -0.2) is 0 Å². The summed E-state index contributed by atoms with van der Waals surface area (Å²) in [7, 11) is 0. The number of hydrogen-bond donors (Lipinski definition) is 1. The Balaban J connectivity index is 1.85. The second-order valence-corrected chi connectivity index (χ2v) is 6.64. The van der Waals surface area contributed by atoms with E-state index in [0.29, 0.717) is 5.92 Å². The molecule has 3 heteroatoms. The van der Waals surface area contributed by atoms with Gasteiger partial charge in [-0.3, -0.25) is 10.1 Å². The number of benzene rings is 1. The van der Waals surface area contributed by atoms with Gasteiger partial charge in [0.15, 0.2) is 0 Å². The van der Waals surface area contributed by atoms with E-state index < -0.39 is 0 Å². The molecule has 1 saturated heterocycles. The maximum absolute atomic E-state index is 12.6. The second-order valence-electron chi connectivity index (χ2n) is 6.64. The summed E-state index contributed by atoms with van der Waals surface area (Å²) in [5.74, 6) is 1.33. The van der Waals surface area contributed by atoms with Crippen molar-refractivity contribution in [3.05, 3.63) is 35.4 Å². The van der Waals surface area contributed by atoms with Crippen molar-refractivity contribution in [3.8, 4) is 0 Å². The van der Waals surface area contributed by atoms with E-state index in [-0.39, 0.29) is 18.1 Å². The van der Waals surface area contributed by atoms with Crippen LogP contribution >= 0.6 is 0 Å². The van der Waals surface area contributed by atoms with Crippen molar-refractivity contribution >= 4 is 5.91 Å². The summed E-state index contributed by atoms with van der Waals surface area (Å²) in [6.07, 6.45) is 2.60. The molecule has 1 aliphatic carbocycles. The Morgan fingerprint density at radius 1 is 1.25 bits per heavy atom. The van der Waals surface area contributed by atoms with Gasteiger partial charge in [-0.15, -0.1) is 0 Å². The Labute approximate surface area is 121 Å². The number of hydrogen-bond acceptors (Lipinski definition) is 2. The molecule has 1 aromatic rings. The van der Waals surface area contributed by atoms with Crippen LogP contribution in [-0.2, 0) is 4.79 Å². The Morgan fingerprint density at radius 3 is 2.45 bits per heavy atom. The fourth-order valence-corrected chi connectivity index (χ4v) is 2.91. The molecule has 1 aromatic carbocycles. The van der Waals surface area contributed by atoms with Crippen molar-refractivity contribution in [3.63, 3.8) is 0 Å². The molecule has 1 saturated carbocycles. The summed E-state index contributed by atoms with van der Waals surface area (Å²) in [6.45, 7) is 7.23. The molecule has 20 heavy (non-hydrogen) atoms. The second kappa shape index (κ2) is 5.21. The highest BCUT2D eigenvalue weighted by Crippen LogP contribution is 2.35. The minimum absolute atomic E-state index is 0.0416. The molecule has 1 heterocycles. The van der Waals surface area contributed by atoms with Crippen molar-refractivity contribution in [1.82, 2.24) is 10.2 Å². The summed E-state index contributed by atoms with van der Waals surface area (Å²) in [5.41, 5.74) is 2.46. The average molecular weight is 272 g/mol. The first-order chi connectivity index (χ1) is 9.56. The molecule has 2 aliphatic rings. The fraction of sp³-hybridized carbons (Fsp3) is 0.588. The third kappa shape index (κ3) is 2.59. The quantitative estimate of drug-likeness (QED) is 0.914. The van der Waals surface area contributed by atoms with Gasteiger partial charge in [0.25, 0.3) is 0 Å². The van der Waals surface area contributed by atoms with Crippen LogP contribution in [-0.4, -0.2) is 23.4 Å². The summed E-state index contributed by atoms with van der Waals surface area (Å²) in [4.78, 5) is 14.7. The monoisotopic (exact) mass is 272 g/mol. The molecule has 0 bridgehead atoms. The molecular weight excluding hydrogens is 248 g/mol. The third-order valence-electron chi connectivity index (χ3n) is 4.41. The Kier molecular flexibility index (Phi) is 3.55. The van der Waals surface area contributed by atoms with E-state index in [1.165, 1.54) is 24.0 Å². The van der Waals surface area contributed by atoms with Crippen molar-refractivity contribution in [2.24, 2.45) is 11.8 Å².